The van der Waals surface area contributed by atoms with Crippen LogP contribution in [-0.4, -0.2) is 19.8 Å². The van der Waals surface area contributed by atoms with Crippen LogP contribution in [0.2, 0.25) is 0 Å². The molecule has 1 aromatic rings. The van der Waals surface area contributed by atoms with Gasteiger partial charge in [-0.3, -0.25) is 0 Å². The Kier molecular flexibility index (Phi) is 3.56. The minimum atomic E-state index is 0.544. The second kappa shape index (κ2) is 5.45. The summed E-state index contributed by atoms with van der Waals surface area (Å²) in [6, 6.07) is 6.34. The molecule has 3 heteroatoms. The number of rotatable bonds is 5. The van der Waals surface area contributed by atoms with E-state index in [9.17, 15) is 0 Å². The Morgan fingerprint density at radius 2 is 1.55 bits per heavy atom. The Morgan fingerprint density at radius 3 is 2.09 bits per heavy atom. The molecule has 1 aromatic carbocycles. The summed E-state index contributed by atoms with van der Waals surface area (Å²) in [7, 11) is 3.41. The number of benzene rings is 1. The van der Waals surface area contributed by atoms with Gasteiger partial charge < -0.3 is 14.8 Å². The third kappa shape index (κ3) is 2.50. The van der Waals surface area contributed by atoms with Crippen LogP contribution in [0.3, 0.4) is 0 Å². The molecule has 0 aliphatic heterocycles. The third-order valence-corrected chi connectivity index (χ3v) is 6.30. The van der Waals surface area contributed by atoms with E-state index < -0.39 is 0 Å². The van der Waals surface area contributed by atoms with Gasteiger partial charge in [-0.1, -0.05) is 0 Å². The molecule has 22 heavy (non-hydrogen) atoms. The van der Waals surface area contributed by atoms with E-state index in [0.29, 0.717) is 5.54 Å². The molecule has 2 N–H and O–H groups in total. The van der Waals surface area contributed by atoms with Crippen molar-refractivity contribution >= 4 is 0 Å². The number of methoxy groups -OCH3 is 2. The van der Waals surface area contributed by atoms with Gasteiger partial charge in [-0.05, 0) is 55.2 Å². The van der Waals surface area contributed by atoms with Gasteiger partial charge in [0, 0.05) is 24.8 Å². The zero-order valence-electron chi connectivity index (χ0n) is 13.8. The van der Waals surface area contributed by atoms with Crippen molar-refractivity contribution in [2.45, 2.75) is 50.6 Å². The Labute approximate surface area is 133 Å². The number of hydrogen-bond donors (Lipinski definition) is 1. The zero-order chi connectivity index (χ0) is 15.2. The Balaban J connectivity index is 1.46. The number of nitrogens with two attached hydrogens (primary N) is 1. The van der Waals surface area contributed by atoms with Crippen LogP contribution in [0, 0.1) is 17.8 Å². The van der Waals surface area contributed by atoms with E-state index in [1.165, 1.54) is 44.1 Å². The molecule has 0 saturated heterocycles. The first kappa shape index (κ1) is 14.4. The molecule has 4 aliphatic carbocycles. The molecule has 3 nitrogen and oxygen atoms in total. The summed E-state index contributed by atoms with van der Waals surface area (Å²) in [5.74, 6) is 4.73. The van der Waals surface area contributed by atoms with Gasteiger partial charge in [0.25, 0.3) is 0 Å². The summed E-state index contributed by atoms with van der Waals surface area (Å²) >= 11 is 0. The number of ether oxygens (including phenoxy) is 2. The van der Waals surface area contributed by atoms with E-state index in [-0.39, 0.29) is 0 Å². The summed E-state index contributed by atoms with van der Waals surface area (Å²) in [5, 5.41) is 2.65. The normalized spacial score (nSPS) is 35.6. The fourth-order valence-corrected chi connectivity index (χ4v) is 5.77. The summed E-state index contributed by atoms with van der Waals surface area (Å²) in [6.07, 6.45) is 8.90. The molecule has 0 heterocycles. The molecule has 4 bridgehead atoms. The first-order chi connectivity index (χ1) is 10.7. The maximum atomic E-state index is 5.43. The van der Waals surface area contributed by atoms with E-state index in [4.69, 9.17) is 9.47 Å². The van der Waals surface area contributed by atoms with Crippen molar-refractivity contribution in [1.82, 2.24) is 0 Å². The maximum Gasteiger partial charge on any atom is 0.161 e. The van der Waals surface area contributed by atoms with E-state index in [1.54, 1.807) is 14.2 Å². The molecular weight excluding hydrogens is 274 g/mol. The monoisotopic (exact) mass is 302 g/mol. The largest absolute Gasteiger partial charge is 0.493 e. The molecular formula is C19H28NO2+. The summed E-state index contributed by atoms with van der Waals surface area (Å²) in [6.45, 7) is 1.06. The molecule has 5 rings (SSSR count). The van der Waals surface area contributed by atoms with Crippen LogP contribution in [0.5, 0.6) is 11.5 Å². The zero-order valence-corrected chi connectivity index (χ0v) is 13.8. The molecule has 4 aliphatic rings. The first-order valence-electron chi connectivity index (χ1n) is 8.75. The molecule has 4 fully saturated rings. The highest BCUT2D eigenvalue weighted by atomic mass is 16.5. The van der Waals surface area contributed by atoms with Crippen molar-refractivity contribution < 1.29 is 14.8 Å². The van der Waals surface area contributed by atoms with E-state index in [1.807, 2.05) is 6.07 Å². The Morgan fingerprint density at radius 1 is 0.955 bits per heavy atom. The lowest BCUT2D eigenvalue weighted by atomic mass is 9.53. The van der Waals surface area contributed by atoms with Crippen molar-refractivity contribution in [3.63, 3.8) is 0 Å². The van der Waals surface area contributed by atoms with Crippen molar-refractivity contribution in [3.05, 3.63) is 23.8 Å². The highest BCUT2D eigenvalue weighted by Crippen LogP contribution is 2.54. The first-order valence-corrected chi connectivity index (χ1v) is 8.75. The molecule has 0 atom stereocenters. The smallest absolute Gasteiger partial charge is 0.161 e. The predicted molar refractivity (Wildman–Crippen MR) is 86.1 cm³/mol. The van der Waals surface area contributed by atoms with Gasteiger partial charge >= 0.3 is 0 Å². The topological polar surface area (TPSA) is 35.1 Å². The van der Waals surface area contributed by atoms with Crippen LogP contribution in [0.4, 0.5) is 0 Å². The van der Waals surface area contributed by atoms with E-state index >= 15 is 0 Å². The van der Waals surface area contributed by atoms with Gasteiger partial charge in [0.2, 0.25) is 0 Å². The lowest BCUT2D eigenvalue weighted by Crippen LogP contribution is -2.97. The van der Waals surface area contributed by atoms with E-state index in [2.05, 4.69) is 17.4 Å². The summed E-state index contributed by atoms with van der Waals surface area (Å²) in [4.78, 5) is 0. The van der Waals surface area contributed by atoms with Gasteiger partial charge in [-0.15, -0.1) is 0 Å². The van der Waals surface area contributed by atoms with Crippen LogP contribution in [0.15, 0.2) is 18.2 Å². The molecule has 0 aromatic heterocycles. The van der Waals surface area contributed by atoms with Gasteiger partial charge in [-0.25, -0.2) is 0 Å². The minimum absolute atomic E-state index is 0.544. The van der Waals surface area contributed by atoms with Crippen molar-refractivity contribution in [2.24, 2.45) is 17.8 Å². The van der Waals surface area contributed by atoms with Gasteiger partial charge in [0.1, 0.15) is 6.54 Å². The van der Waals surface area contributed by atoms with Crippen molar-refractivity contribution in [2.75, 3.05) is 14.2 Å². The highest BCUT2D eigenvalue weighted by Gasteiger charge is 2.53. The van der Waals surface area contributed by atoms with Gasteiger partial charge in [-0.2, -0.15) is 0 Å². The van der Waals surface area contributed by atoms with Crippen LogP contribution in [0.25, 0.3) is 0 Å². The maximum absolute atomic E-state index is 5.43. The van der Waals surface area contributed by atoms with Crippen molar-refractivity contribution in [1.29, 1.82) is 0 Å². The average molecular weight is 302 g/mol. The summed E-state index contributed by atoms with van der Waals surface area (Å²) in [5.41, 5.74) is 1.88. The molecule has 0 radical (unpaired) electrons. The Bertz CT molecular complexity index is 519. The van der Waals surface area contributed by atoms with Crippen LogP contribution >= 0.6 is 0 Å². The van der Waals surface area contributed by atoms with Crippen LogP contribution in [-0.2, 0) is 6.54 Å². The molecule has 120 valence electrons. The molecule has 0 amide bonds. The molecule has 0 spiro atoms. The van der Waals surface area contributed by atoms with Crippen molar-refractivity contribution in [3.8, 4) is 11.5 Å². The lowest BCUT2D eigenvalue weighted by molar-refractivity contribution is -0.752. The standard InChI is InChI=1S/C19H27NO2/c1-21-17-4-3-13(8-18(17)22-2)12-20-19-9-14-5-15(10-19)7-16(6-14)11-19/h3-4,8,14-16,20H,5-7,9-12H2,1-2H3/p+1. The number of quaternary nitrogens is 1. The number of hydrogen-bond acceptors (Lipinski definition) is 2. The second-order valence-corrected chi connectivity index (χ2v) is 7.88. The van der Waals surface area contributed by atoms with Crippen LogP contribution in [0.1, 0.15) is 44.1 Å². The SMILES string of the molecule is COc1ccc(C[NH2+]C23CC4CC(CC(C4)C2)C3)cc1OC. The highest BCUT2D eigenvalue weighted by molar-refractivity contribution is 5.42. The second-order valence-electron chi connectivity index (χ2n) is 7.88. The van der Waals surface area contributed by atoms with Gasteiger partial charge in [0.15, 0.2) is 11.5 Å². The van der Waals surface area contributed by atoms with E-state index in [0.717, 1.165) is 35.8 Å². The fraction of sp³-hybridized carbons (Fsp3) is 0.684. The lowest BCUT2D eigenvalue weighted by Gasteiger charge is -2.54. The quantitative estimate of drug-likeness (QED) is 0.907. The minimum Gasteiger partial charge on any atom is -0.493 e. The Hall–Kier alpha value is -1.22. The predicted octanol–water partition coefficient (Wildman–Crippen LogP) is 2.74. The van der Waals surface area contributed by atoms with Crippen LogP contribution < -0.4 is 14.8 Å². The molecule has 0 unspecified atom stereocenters. The van der Waals surface area contributed by atoms with Gasteiger partial charge in [0.05, 0.1) is 19.8 Å². The fourth-order valence-electron chi connectivity index (χ4n) is 5.77. The third-order valence-electron chi connectivity index (χ3n) is 6.30. The average Bonchev–Trinajstić information content (AvgIpc) is 2.51. The molecule has 4 saturated carbocycles. The summed E-state index contributed by atoms with van der Waals surface area (Å²) < 4.78 is 10.8.